The fraction of sp³-hybridized carbons (Fsp3) is 0.444. The Hall–Kier alpha value is -8.50. The third-order valence-corrected chi connectivity index (χ3v) is 14.2. The van der Waals surface area contributed by atoms with E-state index in [-0.39, 0.29) is 36.9 Å². The Morgan fingerprint density at radius 2 is 1.38 bits per heavy atom. The summed E-state index contributed by atoms with van der Waals surface area (Å²) < 4.78 is 0. The van der Waals surface area contributed by atoms with Crippen LogP contribution in [0.15, 0.2) is 119 Å². The van der Waals surface area contributed by atoms with Crippen molar-refractivity contribution in [1.82, 2.24) is 37.2 Å². The van der Waals surface area contributed by atoms with Gasteiger partial charge in [-0.05, 0) is 86.5 Å². The van der Waals surface area contributed by atoms with Crippen molar-refractivity contribution in [3.05, 3.63) is 104 Å². The number of rotatable bonds is 23. The summed E-state index contributed by atoms with van der Waals surface area (Å²) in [5.74, 6) is -11.0. The number of fused-ring (bicyclic) bond motifs is 5. The fourth-order valence-electron chi connectivity index (χ4n) is 9.98. The predicted octanol–water partition coefficient (Wildman–Crippen LogP) is 2.90. The molecule has 23 nitrogen and oxygen atoms in total. The quantitative estimate of drug-likeness (QED) is 0.0701. The molecule has 23 heteroatoms. The molecule has 0 aromatic carbocycles. The largest absolute Gasteiger partial charge is 0.511 e. The van der Waals surface area contributed by atoms with Crippen LogP contribution in [-0.4, -0.2) is 129 Å². The molecule has 11 N–H and O–H groups in total. The van der Waals surface area contributed by atoms with Crippen molar-refractivity contribution in [3.63, 3.8) is 0 Å². The lowest BCUT2D eigenvalue weighted by molar-refractivity contribution is -0.142. The number of hydrogen-bond donors (Lipinski definition) is 11. The van der Waals surface area contributed by atoms with E-state index in [0.29, 0.717) is 28.4 Å². The number of aliphatic imine (C=N–C) groups is 3. The van der Waals surface area contributed by atoms with E-state index in [1.165, 1.54) is 20.9 Å². The zero-order valence-electron chi connectivity index (χ0n) is 44.2. The number of nitrogens with zero attached hydrogens (tertiary/aromatic N) is 3. The van der Waals surface area contributed by atoms with E-state index in [1.807, 2.05) is 45.9 Å². The fourth-order valence-corrected chi connectivity index (χ4v) is 9.98. The summed E-state index contributed by atoms with van der Waals surface area (Å²) in [6.45, 7) is 16.4. The summed E-state index contributed by atoms with van der Waals surface area (Å²) in [4.78, 5) is 130. The second kappa shape index (κ2) is 24.4. The van der Waals surface area contributed by atoms with Crippen molar-refractivity contribution in [2.75, 3.05) is 13.6 Å². The first-order valence-electron chi connectivity index (χ1n) is 25.3. The molecule has 5 aliphatic heterocycles. The van der Waals surface area contributed by atoms with Crippen molar-refractivity contribution in [3.8, 4) is 0 Å². The second-order valence-corrected chi connectivity index (χ2v) is 19.8. The molecule has 0 saturated carbocycles. The molecule has 6 rings (SSSR count). The van der Waals surface area contributed by atoms with Crippen LogP contribution in [0, 0.1) is 17.8 Å². The van der Waals surface area contributed by atoms with Gasteiger partial charge in [-0.2, -0.15) is 0 Å². The van der Waals surface area contributed by atoms with Crippen LogP contribution in [0.25, 0.3) is 0 Å². The van der Waals surface area contributed by atoms with Gasteiger partial charge in [0.05, 0.1) is 53.6 Å². The number of likely N-dealkylation sites (N-methyl/N-ethyl adjacent to an activating group) is 1. The average Bonchev–Trinajstić information content (AvgIpc) is 4.13. The van der Waals surface area contributed by atoms with Gasteiger partial charge in [-0.15, -0.1) is 0 Å². The highest BCUT2D eigenvalue weighted by molar-refractivity contribution is 6.21. The van der Waals surface area contributed by atoms with Crippen LogP contribution in [0.1, 0.15) is 99.8 Å². The molecule has 1 saturated heterocycles. The van der Waals surface area contributed by atoms with Crippen molar-refractivity contribution >= 4 is 70.5 Å². The maximum absolute atomic E-state index is 13.6. The summed E-state index contributed by atoms with van der Waals surface area (Å²) in [7, 11) is 1.23. The molecule has 0 radical (unpaired) electrons. The number of carboxylic acid groups (broad SMARTS) is 3. The zero-order valence-corrected chi connectivity index (χ0v) is 44.2. The molecule has 6 aliphatic rings. The lowest BCUT2D eigenvalue weighted by Crippen LogP contribution is -2.59. The van der Waals surface area contributed by atoms with Gasteiger partial charge in [0.15, 0.2) is 0 Å². The molecular weight excluding hydrogens is 997 g/mol. The molecule has 1 fully saturated rings. The molecule has 6 atom stereocenters. The van der Waals surface area contributed by atoms with Gasteiger partial charge in [0.1, 0.15) is 29.9 Å². The maximum atomic E-state index is 13.6. The highest BCUT2D eigenvalue weighted by Crippen LogP contribution is 2.46. The van der Waals surface area contributed by atoms with E-state index in [2.05, 4.69) is 50.7 Å². The third-order valence-electron chi connectivity index (χ3n) is 14.2. The molecular formula is C54H66N10O13. The number of carbonyl (C=O) groups is 9. The monoisotopic (exact) mass is 1060 g/mol. The molecule has 1 aliphatic carbocycles. The smallest absolute Gasteiger partial charge is 0.305 e. The van der Waals surface area contributed by atoms with Crippen LogP contribution >= 0.6 is 0 Å². The van der Waals surface area contributed by atoms with Crippen LogP contribution in [0.5, 0.6) is 0 Å². The Bertz CT molecular complexity index is 2980. The first kappa shape index (κ1) is 57.8. The van der Waals surface area contributed by atoms with Crippen molar-refractivity contribution in [1.29, 1.82) is 0 Å². The Labute approximate surface area is 444 Å². The third kappa shape index (κ3) is 13.1. The summed E-state index contributed by atoms with van der Waals surface area (Å²) in [6, 6.07) is -6.49. The molecule has 4 unspecified atom stereocenters. The first-order chi connectivity index (χ1) is 36.4. The normalized spacial score (nSPS) is 20.0. The SMILES string of the molecule is C=CC1=C(C)C2=NC1=CC1=NC(=CC3=C(C)C4=C(O)CC(=C5NC(=C2)[C@H](C)[C@@H]5CCC(=O)NCC(=O)NC(CC(=O)O)C(=O)NC(CCC(=O)O)C(=O)NC(C(=O)NC(CC(=O)O)C(=O)NC)C(C)C)C4=N3)C(CC)=C1C. The standard InChI is InChI=1S/C54H66N10O13/c1-10-28-24(5)33-17-35-26(7)30(49(60-35)31-16-41(65)47-27(8)36(61-50(31)47)19-38-29(11-2)25(6)34(58-38)18-37(28)57-33)12-14-42(66)56-22-43(67)59-40(21-46(72)73)53(76)62-32(13-15-44(68)69)52(75)64-48(23(3)4)54(77)63-39(20-45(70)71)51(74)55-9/h10,17-19,23,26,30,32,39-40,48,60,65H,1,11-16,20-22H2,2-9H3,(H,55,74)(H,56,66)(H,59,67)(H,62,76)(H,63,77)(H,64,75)(H,68,69)(H,70,71)(H,72,73)/t26-,30+,32?,39?,40?,48?/m1/s1. The van der Waals surface area contributed by atoms with Gasteiger partial charge in [0.2, 0.25) is 35.4 Å². The summed E-state index contributed by atoms with van der Waals surface area (Å²) in [5.41, 5.74) is 11.9. The van der Waals surface area contributed by atoms with Crippen LogP contribution < -0.4 is 37.2 Å². The number of carboxylic acids is 3. The number of nitrogens with one attached hydrogen (secondary N) is 7. The number of aliphatic hydroxyl groups excluding tert-OH is 1. The van der Waals surface area contributed by atoms with Crippen LogP contribution in [0.4, 0.5) is 0 Å². The molecule has 77 heavy (non-hydrogen) atoms. The van der Waals surface area contributed by atoms with E-state index >= 15 is 0 Å². The molecule has 0 aromatic heterocycles. The lowest BCUT2D eigenvalue weighted by Gasteiger charge is -2.27. The van der Waals surface area contributed by atoms with Crippen LogP contribution in [0.3, 0.4) is 0 Å². The molecule has 5 heterocycles. The highest BCUT2D eigenvalue weighted by Gasteiger charge is 2.42. The molecule has 0 spiro atoms. The van der Waals surface area contributed by atoms with Crippen molar-refractivity contribution < 1.29 is 63.6 Å². The Morgan fingerprint density at radius 3 is 1.99 bits per heavy atom. The van der Waals surface area contributed by atoms with Gasteiger partial charge in [0, 0.05) is 66.3 Å². The van der Waals surface area contributed by atoms with Gasteiger partial charge < -0.3 is 57.6 Å². The summed E-state index contributed by atoms with van der Waals surface area (Å²) >= 11 is 0. The van der Waals surface area contributed by atoms with Crippen molar-refractivity contribution in [2.24, 2.45) is 32.7 Å². The number of allylic oxidation sites excluding steroid dienone is 12. The zero-order chi connectivity index (χ0) is 56.7. The first-order valence-corrected chi connectivity index (χ1v) is 25.3. The minimum atomic E-state index is -1.84. The Kier molecular flexibility index (Phi) is 18.3. The van der Waals surface area contributed by atoms with Gasteiger partial charge in [-0.25, -0.2) is 15.0 Å². The topological polar surface area (TPSA) is 356 Å². The average molecular weight is 1060 g/mol. The number of carbonyl (C=O) groups excluding carboxylic acids is 6. The van der Waals surface area contributed by atoms with E-state index in [4.69, 9.17) is 15.0 Å². The summed E-state index contributed by atoms with van der Waals surface area (Å²) in [5, 5.41) is 57.4. The highest BCUT2D eigenvalue weighted by atomic mass is 16.4. The van der Waals surface area contributed by atoms with Gasteiger partial charge in [0.25, 0.3) is 0 Å². The molecule has 8 bridgehead atoms. The van der Waals surface area contributed by atoms with Gasteiger partial charge in [-0.3, -0.25) is 43.2 Å². The number of aliphatic carboxylic acids is 3. The minimum Gasteiger partial charge on any atom is -0.511 e. The van der Waals surface area contributed by atoms with Gasteiger partial charge >= 0.3 is 17.9 Å². The van der Waals surface area contributed by atoms with E-state index in [0.717, 1.165) is 62.7 Å². The van der Waals surface area contributed by atoms with Crippen LogP contribution in [0.2, 0.25) is 0 Å². The summed E-state index contributed by atoms with van der Waals surface area (Å²) in [6.07, 6.45) is 5.72. The second-order valence-electron chi connectivity index (χ2n) is 19.8. The Morgan fingerprint density at radius 1 is 0.753 bits per heavy atom. The number of amides is 6. The maximum Gasteiger partial charge on any atom is 0.305 e. The molecule has 6 amide bonds. The number of hydrogen-bond acceptors (Lipinski definition) is 14. The van der Waals surface area contributed by atoms with E-state index < -0.39 is 116 Å². The number of aliphatic hydroxyl groups is 1. The molecule has 0 aromatic rings. The van der Waals surface area contributed by atoms with E-state index in [9.17, 15) is 63.6 Å². The predicted molar refractivity (Wildman–Crippen MR) is 282 cm³/mol. The Balaban J connectivity index is 1.17. The van der Waals surface area contributed by atoms with Crippen molar-refractivity contribution in [2.45, 2.75) is 124 Å². The minimum absolute atomic E-state index is 0.0960. The lowest BCUT2D eigenvalue weighted by atomic mass is 9.86. The van der Waals surface area contributed by atoms with Gasteiger partial charge in [-0.1, -0.05) is 40.3 Å². The van der Waals surface area contributed by atoms with E-state index in [1.54, 1.807) is 6.08 Å². The van der Waals surface area contributed by atoms with Crippen LogP contribution in [-0.2, 0) is 43.2 Å². The molecule has 410 valence electrons.